The van der Waals surface area contributed by atoms with E-state index >= 15 is 0 Å². The Labute approximate surface area is 83.3 Å². The number of carboxylic acid groups (broad SMARTS) is 1. The number of rotatable bonds is 3. The molecule has 0 aliphatic rings. The first kappa shape index (κ1) is 11.3. The number of hydrogen-bond acceptors (Lipinski definition) is 3. The molecule has 0 amide bonds. The largest absolute Gasteiger partial charge is 0.477 e. The minimum absolute atomic E-state index is 0.280. The van der Waals surface area contributed by atoms with E-state index < -0.39 is 35.5 Å². The molecule has 80 valence electrons. The molecule has 0 spiro atoms. The van der Waals surface area contributed by atoms with Crippen LogP contribution in [0, 0.1) is 11.6 Å². The Morgan fingerprint density at radius 1 is 1.27 bits per heavy atom. The van der Waals surface area contributed by atoms with E-state index in [9.17, 15) is 18.4 Å². The van der Waals surface area contributed by atoms with E-state index in [0.29, 0.717) is 12.1 Å². The molecule has 0 heterocycles. The molecule has 1 aromatic rings. The standard InChI is InChI=1S/C9H7F2NO3/c10-5-1-4(7(13)3-12)2-6(11)8(5)9(14)15/h1-2H,3,12H2,(H,14,15). The molecule has 15 heavy (non-hydrogen) atoms. The molecule has 0 aromatic heterocycles. The number of halogens is 2. The molecule has 0 radical (unpaired) electrons. The number of Topliss-reactive ketones (excluding diaryl/α,β-unsaturated/α-hetero) is 1. The number of aromatic carboxylic acids is 1. The molecule has 0 saturated carbocycles. The van der Waals surface area contributed by atoms with Gasteiger partial charge in [0.15, 0.2) is 5.78 Å². The molecule has 0 saturated heterocycles. The van der Waals surface area contributed by atoms with Crippen LogP contribution >= 0.6 is 0 Å². The van der Waals surface area contributed by atoms with Gasteiger partial charge in [0, 0.05) is 5.56 Å². The fourth-order valence-electron chi connectivity index (χ4n) is 1.06. The Morgan fingerprint density at radius 2 is 1.73 bits per heavy atom. The predicted molar refractivity (Wildman–Crippen MR) is 46.7 cm³/mol. The van der Waals surface area contributed by atoms with Crippen LogP contribution in [0.4, 0.5) is 8.78 Å². The molecule has 0 fully saturated rings. The second-order valence-corrected chi connectivity index (χ2v) is 2.75. The second kappa shape index (κ2) is 4.14. The Kier molecular flexibility index (Phi) is 3.11. The fraction of sp³-hybridized carbons (Fsp3) is 0.111. The van der Waals surface area contributed by atoms with Gasteiger partial charge < -0.3 is 10.8 Å². The summed E-state index contributed by atoms with van der Waals surface area (Å²) in [7, 11) is 0. The Hall–Kier alpha value is -1.82. The summed E-state index contributed by atoms with van der Waals surface area (Å²) >= 11 is 0. The zero-order chi connectivity index (χ0) is 11.6. The summed E-state index contributed by atoms with van der Waals surface area (Å²) < 4.78 is 26.1. The van der Waals surface area contributed by atoms with Crippen molar-refractivity contribution in [3.05, 3.63) is 34.9 Å². The van der Waals surface area contributed by atoms with Gasteiger partial charge in [-0.15, -0.1) is 0 Å². The maximum atomic E-state index is 13.0. The van der Waals surface area contributed by atoms with Gasteiger partial charge in [0.1, 0.15) is 17.2 Å². The fourth-order valence-corrected chi connectivity index (χ4v) is 1.06. The molecule has 4 nitrogen and oxygen atoms in total. The summed E-state index contributed by atoms with van der Waals surface area (Å²) in [5, 5.41) is 8.44. The Balaban J connectivity index is 3.31. The minimum Gasteiger partial charge on any atom is -0.477 e. The summed E-state index contributed by atoms with van der Waals surface area (Å²) in [4.78, 5) is 21.4. The molecular formula is C9H7F2NO3. The quantitative estimate of drug-likeness (QED) is 0.731. The average Bonchev–Trinajstić information content (AvgIpc) is 2.14. The van der Waals surface area contributed by atoms with E-state index in [1.807, 2.05) is 0 Å². The summed E-state index contributed by atoms with van der Waals surface area (Å²) in [5.41, 5.74) is 3.63. The van der Waals surface area contributed by atoms with Gasteiger partial charge in [-0.05, 0) is 12.1 Å². The first-order valence-corrected chi connectivity index (χ1v) is 3.93. The van der Waals surface area contributed by atoms with E-state index in [4.69, 9.17) is 10.8 Å². The van der Waals surface area contributed by atoms with E-state index in [1.54, 1.807) is 0 Å². The lowest BCUT2D eigenvalue weighted by atomic mass is 10.1. The van der Waals surface area contributed by atoms with Gasteiger partial charge in [-0.25, -0.2) is 13.6 Å². The van der Waals surface area contributed by atoms with Crippen LogP contribution < -0.4 is 5.73 Å². The molecule has 3 N–H and O–H groups in total. The van der Waals surface area contributed by atoms with Crippen LogP contribution in [-0.4, -0.2) is 23.4 Å². The lowest BCUT2D eigenvalue weighted by Crippen LogP contribution is -2.15. The first-order valence-electron chi connectivity index (χ1n) is 3.93. The van der Waals surface area contributed by atoms with Gasteiger partial charge in [-0.1, -0.05) is 0 Å². The Bertz CT molecular complexity index is 408. The van der Waals surface area contributed by atoms with Crippen molar-refractivity contribution in [3.8, 4) is 0 Å². The van der Waals surface area contributed by atoms with Crippen molar-refractivity contribution in [2.75, 3.05) is 6.54 Å². The van der Waals surface area contributed by atoms with Crippen molar-refractivity contribution in [3.63, 3.8) is 0 Å². The minimum atomic E-state index is -1.73. The third kappa shape index (κ3) is 2.16. The monoisotopic (exact) mass is 215 g/mol. The third-order valence-corrected chi connectivity index (χ3v) is 1.76. The van der Waals surface area contributed by atoms with Crippen LogP contribution in [0.5, 0.6) is 0 Å². The molecule has 0 bridgehead atoms. The van der Waals surface area contributed by atoms with Gasteiger partial charge in [-0.2, -0.15) is 0 Å². The lowest BCUT2D eigenvalue weighted by Gasteiger charge is -2.02. The molecule has 0 aliphatic carbocycles. The van der Waals surface area contributed by atoms with Gasteiger partial charge in [0.2, 0.25) is 0 Å². The molecule has 0 atom stereocenters. The normalized spacial score (nSPS) is 10.1. The number of carbonyl (C=O) groups excluding carboxylic acids is 1. The maximum Gasteiger partial charge on any atom is 0.341 e. The van der Waals surface area contributed by atoms with Crippen molar-refractivity contribution in [1.29, 1.82) is 0 Å². The van der Waals surface area contributed by atoms with Crippen molar-refractivity contribution in [2.45, 2.75) is 0 Å². The molecule has 1 aromatic carbocycles. The highest BCUT2D eigenvalue weighted by molar-refractivity contribution is 5.98. The number of carboxylic acids is 1. The van der Waals surface area contributed by atoms with Crippen LogP contribution in [0.1, 0.15) is 20.7 Å². The molecule has 6 heteroatoms. The van der Waals surface area contributed by atoms with E-state index in [2.05, 4.69) is 0 Å². The molecule has 1 rings (SSSR count). The second-order valence-electron chi connectivity index (χ2n) is 2.75. The predicted octanol–water partition coefficient (Wildman–Crippen LogP) is 0.804. The zero-order valence-electron chi connectivity index (χ0n) is 7.46. The lowest BCUT2D eigenvalue weighted by molar-refractivity contribution is 0.0685. The summed E-state index contributed by atoms with van der Waals surface area (Å²) in [6, 6.07) is 1.31. The SMILES string of the molecule is NCC(=O)c1cc(F)c(C(=O)O)c(F)c1. The smallest absolute Gasteiger partial charge is 0.341 e. The topological polar surface area (TPSA) is 80.4 Å². The summed E-state index contributed by atoms with van der Waals surface area (Å²) in [6.45, 7) is -0.398. The highest BCUT2D eigenvalue weighted by atomic mass is 19.1. The van der Waals surface area contributed by atoms with Crippen molar-refractivity contribution in [1.82, 2.24) is 0 Å². The highest BCUT2D eigenvalue weighted by Crippen LogP contribution is 2.15. The van der Waals surface area contributed by atoms with Crippen molar-refractivity contribution >= 4 is 11.8 Å². The number of hydrogen-bond donors (Lipinski definition) is 2. The first-order chi connectivity index (χ1) is 6.97. The van der Waals surface area contributed by atoms with Gasteiger partial charge in [0.05, 0.1) is 6.54 Å². The van der Waals surface area contributed by atoms with Gasteiger partial charge >= 0.3 is 5.97 Å². The Morgan fingerprint density at radius 3 is 2.07 bits per heavy atom. The van der Waals surface area contributed by atoms with E-state index in [0.717, 1.165) is 0 Å². The van der Waals surface area contributed by atoms with Crippen LogP contribution in [-0.2, 0) is 0 Å². The van der Waals surface area contributed by atoms with Crippen LogP contribution in [0.25, 0.3) is 0 Å². The number of ketones is 1. The van der Waals surface area contributed by atoms with Crippen molar-refractivity contribution < 1.29 is 23.5 Å². The van der Waals surface area contributed by atoms with Crippen LogP contribution in [0.2, 0.25) is 0 Å². The van der Waals surface area contributed by atoms with Crippen LogP contribution in [0.3, 0.4) is 0 Å². The number of carbonyl (C=O) groups is 2. The van der Waals surface area contributed by atoms with E-state index in [-0.39, 0.29) is 5.56 Å². The summed E-state index contributed by atoms with van der Waals surface area (Å²) in [6.07, 6.45) is 0. The van der Waals surface area contributed by atoms with Crippen LogP contribution in [0.15, 0.2) is 12.1 Å². The van der Waals surface area contributed by atoms with Gasteiger partial charge in [-0.3, -0.25) is 4.79 Å². The summed E-state index contributed by atoms with van der Waals surface area (Å²) in [5.74, 6) is -4.97. The van der Waals surface area contributed by atoms with E-state index in [1.165, 1.54) is 0 Å². The highest BCUT2D eigenvalue weighted by Gasteiger charge is 2.19. The molecule has 0 aliphatic heterocycles. The maximum absolute atomic E-state index is 13.0. The third-order valence-electron chi connectivity index (χ3n) is 1.76. The molecule has 0 unspecified atom stereocenters. The van der Waals surface area contributed by atoms with Gasteiger partial charge in [0.25, 0.3) is 0 Å². The average molecular weight is 215 g/mol. The number of benzene rings is 1. The molecular weight excluding hydrogens is 208 g/mol. The van der Waals surface area contributed by atoms with Crippen molar-refractivity contribution in [2.24, 2.45) is 5.73 Å². The zero-order valence-corrected chi connectivity index (χ0v) is 7.46. The number of nitrogens with two attached hydrogens (primary N) is 1.